The maximum absolute atomic E-state index is 12.2. The SMILES string of the molecule is CCN(CCC(F)(F)F)C(=O)CSCc1ccc(C#N)cc1. The lowest BCUT2D eigenvalue weighted by molar-refractivity contribution is -0.143. The Kier molecular flexibility index (Phi) is 7.25. The average molecular weight is 330 g/mol. The zero-order valence-electron chi connectivity index (χ0n) is 12.2. The third-order valence-corrected chi connectivity index (χ3v) is 3.97. The van der Waals surface area contributed by atoms with E-state index in [1.165, 1.54) is 16.7 Å². The van der Waals surface area contributed by atoms with Gasteiger partial charge in [-0.15, -0.1) is 11.8 Å². The lowest BCUT2D eigenvalue weighted by Crippen LogP contribution is -2.35. The van der Waals surface area contributed by atoms with E-state index >= 15 is 0 Å². The van der Waals surface area contributed by atoms with E-state index in [0.29, 0.717) is 11.3 Å². The van der Waals surface area contributed by atoms with Crippen molar-refractivity contribution >= 4 is 17.7 Å². The molecular weight excluding hydrogens is 313 g/mol. The molecule has 0 N–H and O–H groups in total. The lowest BCUT2D eigenvalue weighted by atomic mass is 10.2. The second kappa shape index (κ2) is 8.69. The fraction of sp³-hybridized carbons (Fsp3) is 0.467. The van der Waals surface area contributed by atoms with Gasteiger partial charge in [0.1, 0.15) is 0 Å². The van der Waals surface area contributed by atoms with Crippen molar-refractivity contribution in [3.8, 4) is 6.07 Å². The van der Waals surface area contributed by atoms with Crippen molar-refractivity contribution in [1.29, 1.82) is 5.26 Å². The van der Waals surface area contributed by atoms with Gasteiger partial charge >= 0.3 is 6.18 Å². The van der Waals surface area contributed by atoms with Gasteiger partial charge in [-0.3, -0.25) is 4.79 Å². The average Bonchev–Trinajstić information content (AvgIpc) is 2.47. The smallest absolute Gasteiger partial charge is 0.342 e. The molecule has 0 spiro atoms. The van der Waals surface area contributed by atoms with Crippen molar-refractivity contribution < 1.29 is 18.0 Å². The minimum absolute atomic E-state index is 0.145. The molecule has 22 heavy (non-hydrogen) atoms. The molecule has 0 fully saturated rings. The number of hydrogen-bond acceptors (Lipinski definition) is 3. The highest BCUT2D eigenvalue weighted by atomic mass is 32.2. The van der Waals surface area contributed by atoms with Gasteiger partial charge in [0, 0.05) is 18.8 Å². The van der Waals surface area contributed by atoms with Crippen LogP contribution >= 0.6 is 11.8 Å². The van der Waals surface area contributed by atoms with Crippen LogP contribution in [-0.4, -0.2) is 35.8 Å². The van der Waals surface area contributed by atoms with Gasteiger partial charge in [0.05, 0.1) is 23.8 Å². The molecule has 7 heteroatoms. The van der Waals surface area contributed by atoms with E-state index in [4.69, 9.17) is 5.26 Å². The molecule has 0 radical (unpaired) electrons. The molecule has 0 aliphatic heterocycles. The van der Waals surface area contributed by atoms with E-state index in [9.17, 15) is 18.0 Å². The Bertz CT molecular complexity index is 523. The van der Waals surface area contributed by atoms with Gasteiger partial charge < -0.3 is 4.90 Å². The van der Waals surface area contributed by atoms with Crippen LogP contribution in [0.4, 0.5) is 13.2 Å². The van der Waals surface area contributed by atoms with Gasteiger partial charge in [-0.2, -0.15) is 18.4 Å². The van der Waals surface area contributed by atoms with Crippen LogP contribution in [0.1, 0.15) is 24.5 Å². The van der Waals surface area contributed by atoms with Crippen LogP contribution in [0.2, 0.25) is 0 Å². The van der Waals surface area contributed by atoms with Gasteiger partial charge in [-0.1, -0.05) is 12.1 Å². The largest absolute Gasteiger partial charge is 0.390 e. The van der Waals surface area contributed by atoms with E-state index in [2.05, 4.69) is 0 Å². The molecule has 1 aromatic carbocycles. The zero-order chi connectivity index (χ0) is 16.6. The predicted molar refractivity (Wildman–Crippen MR) is 80.2 cm³/mol. The van der Waals surface area contributed by atoms with E-state index in [-0.39, 0.29) is 24.7 Å². The first-order chi connectivity index (χ1) is 10.4. The number of rotatable bonds is 7. The molecule has 0 saturated heterocycles. The second-order valence-electron chi connectivity index (χ2n) is 4.64. The Morgan fingerprint density at radius 3 is 2.45 bits per heavy atom. The maximum atomic E-state index is 12.2. The minimum Gasteiger partial charge on any atom is -0.342 e. The van der Waals surface area contributed by atoms with Crippen LogP contribution in [-0.2, 0) is 10.5 Å². The molecule has 120 valence electrons. The molecule has 1 aromatic rings. The monoisotopic (exact) mass is 330 g/mol. The summed E-state index contributed by atoms with van der Waals surface area (Å²) in [7, 11) is 0. The van der Waals surface area contributed by atoms with Crippen LogP contribution < -0.4 is 0 Å². The second-order valence-corrected chi connectivity index (χ2v) is 5.63. The number of carbonyl (C=O) groups excluding carboxylic acids is 1. The van der Waals surface area contributed by atoms with Gasteiger partial charge in [-0.25, -0.2) is 0 Å². The topological polar surface area (TPSA) is 44.1 Å². The standard InChI is InChI=1S/C15H17F3N2OS/c1-2-20(8-7-15(16,17)18)14(21)11-22-10-13-5-3-12(9-19)4-6-13/h3-6H,2,7-8,10-11H2,1H3. The van der Waals surface area contributed by atoms with Crippen LogP contribution in [0.3, 0.4) is 0 Å². The number of amides is 1. The molecule has 0 aliphatic rings. The van der Waals surface area contributed by atoms with Crippen molar-refractivity contribution in [2.24, 2.45) is 0 Å². The first kappa shape index (κ1) is 18.4. The number of halogens is 3. The Balaban J connectivity index is 2.38. The summed E-state index contributed by atoms with van der Waals surface area (Å²) < 4.78 is 36.6. The molecule has 1 rings (SSSR count). The summed E-state index contributed by atoms with van der Waals surface area (Å²) in [6, 6.07) is 9.01. The summed E-state index contributed by atoms with van der Waals surface area (Å²) >= 11 is 1.35. The number of benzene rings is 1. The summed E-state index contributed by atoms with van der Waals surface area (Å²) in [4.78, 5) is 13.1. The third kappa shape index (κ3) is 6.85. The Hall–Kier alpha value is -1.68. The molecule has 0 aliphatic carbocycles. The Morgan fingerprint density at radius 1 is 1.32 bits per heavy atom. The molecule has 3 nitrogen and oxygen atoms in total. The number of thioether (sulfide) groups is 1. The molecule has 1 amide bonds. The molecule has 0 aromatic heterocycles. The van der Waals surface area contributed by atoms with Crippen molar-refractivity contribution in [3.63, 3.8) is 0 Å². The highest BCUT2D eigenvalue weighted by molar-refractivity contribution is 7.99. The molecule has 0 saturated carbocycles. The van der Waals surface area contributed by atoms with Crippen molar-refractivity contribution in [3.05, 3.63) is 35.4 Å². The van der Waals surface area contributed by atoms with Gasteiger partial charge in [0.15, 0.2) is 0 Å². The molecule has 0 heterocycles. The normalized spacial score (nSPS) is 11.0. The number of nitrogens with zero attached hydrogens (tertiary/aromatic N) is 2. The first-order valence-corrected chi connectivity index (χ1v) is 7.92. The van der Waals surface area contributed by atoms with E-state index in [0.717, 1.165) is 5.56 Å². The van der Waals surface area contributed by atoms with Crippen molar-refractivity contribution in [1.82, 2.24) is 4.90 Å². The van der Waals surface area contributed by atoms with Crippen molar-refractivity contribution in [2.45, 2.75) is 25.3 Å². The van der Waals surface area contributed by atoms with E-state index < -0.39 is 12.6 Å². The highest BCUT2D eigenvalue weighted by Crippen LogP contribution is 2.20. The van der Waals surface area contributed by atoms with Gasteiger partial charge in [0.2, 0.25) is 5.91 Å². The fourth-order valence-electron chi connectivity index (χ4n) is 1.74. The van der Waals surface area contributed by atoms with Crippen LogP contribution in [0, 0.1) is 11.3 Å². The Morgan fingerprint density at radius 2 is 1.95 bits per heavy atom. The number of carbonyl (C=O) groups is 1. The molecule has 0 atom stereocenters. The minimum atomic E-state index is -4.25. The van der Waals surface area contributed by atoms with Crippen molar-refractivity contribution in [2.75, 3.05) is 18.8 Å². The number of alkyl halides is 3. The molecule has 0 unspecified atom stereocenters. The number of hydrogen-bond donors (Lipinski definition) is 0. The van der Waals surface area contributed by atoms with Crippen LogP contribution in [0.25, 0.3) is 0 Å². The summed E-state index contributed by atoms with van der Waals surface area (Å²) in [6.45, 7) is 1.64. The maximum Gasteiger partial charge on any atom is 0.390 e. The summed E-state index contributed by atoms with van der Waals surface area (Å²) in [5.74, 6) is 0.436. The van der Waals surface area contributed by atoms with E-state index in [1.54, 1.807) is 31.2 Å². The Labute approximate surface area is 132 Å². The first-order valence-electron chi connectivity index (χ1n) is 6.77. The van der Waals surface area contributed by atoms with Crippen LogP contribution in [0.15, 0.2) is 24.3 Å². The highest BCUT2D eigenvalue weighted by Gasteiger charge is 2.28. The fourth-order valence-corrected chi connectivity index (χ4v) is 2.63. The number of nitriles is 1. The van der Waals surface area contributed by atoms with Crippen LogP contribution in [0.5, 0.6) is 0 Å². The van der Waals surface area contributed by atoms with Gasteiger partial charge in [0.25, 0.3) is 0 Å². The van der Waals surface area contributed by atoms with Gasteiger partial charge in [-0.05, 0) is 24.6 Å². The summed E-state index contributed by atoms with van der Waals surface area (Å²) in [6.07, 6.45) is -5.23. The zero-order valence-corrected chi connectivity index (χ0v) is 13.0. The summed E-state index contributed by atoms with van der Waals surface area (Å²) in [5.41, 5.74) is 1.53. The summed E-state index contributed by atoms with van der Waals surface area (Å²) in [5, 5.41) is 8.69. The lowest BCUT2D eigenvalue weighted by Gasteiger charge is -2.21. The predicted octanol–water partition coefficient (Wildman–Crippen LogP) is 3.59. The quantitative estimate of drug-likeness (QED) is 0.767. The molecular formula is C15H17F3N2OS. The third-order valence-electron chi connectivity index (χ3n) is 2.98. The van der Waals surface area contributed by atoms with E-state index in [1.807, 2.05) is 6.07 Å². The molecule has 0 bridgehead atoms.